The van der Waals surface area contributed by atoms with E-state index in [2.05, 4.69) is 0 Å². The van der Waals surface area contributed by atoms with Crippen LogP contribution < -0.4 is 5.73 Å². The Kier molecular flexibility index (Phi) is 5.62. The second kappa shape index (κ2) is 7.15. The molecule has 0 heterocycles. The first kappa shape index (κ1) is 21.2. The number of phenolic OH excluding ortho intramolecular Hbond substituents is 1. The van der Waals surface area contributed by atoms with Crippen LogP contribution in [0.15, 0.2) is 36.4 Å². The molecule has 0 saturated carbocycles. The average molecular weight is 383 g/mol. The van der Waals surface area contributed by atoms with Crippen molar-refractivity contribution in [2.24, 2.45) is 5.73 Å². The van der Waals surface area contributed by atoms with E-state index in [4.69, 9.17) is 5.73 Å². The van der Waals surface area contributed by atoms with E-state index < -0.39 is 35.8 Å². The molecule has 2 rings (SSSR count). The first-order valence-corrected chi connectivity index (χ1v) is 8.65. The van der Waals surface area contributed by atoms with Crippen molar-refractivity contribution in [2.75, 3.05) is 0 Å². The van der Waals surface area contributed by atoms with E-state index in [1.807, 2.05) is 19.9 Å². The van der Waals surface area contributed by atoms with Gasteiger partial charge in [-0.1, -0.05) is 43.2 Å². The average Bonchev–Trinajstić information content (AvgIpc) is 2.46. The number of aromatic hydroxyl groups is 1. The van der Waals surface area contributed by atoms with Gasteiger partial charge in [-0.15, -0.1) is 0 Å². The van der Waals surface area contributed by atoms with Gasteiger partial charge in [0.1, 0.15) is 17.1 Å². The molecule has 0 fully saturated rings. The molecule has 0 aliphatic rings. The van der Waals surface area contributed by atoms with Crippen LogP contribution >= 0.6 is 0 Å². The van der Waals surface area contributed by atoms with Crippen LogP contribution in [0.5, 0.6) is 5.75 Å². The zero-order valence-electron chi connectivity index (χ0n) is 15.9. The van der Waals surface area contributed by atoms with Crippen LogP contribution in [0.1, 0.15) is 42.5 Å². The number of phenols is 1. The molecule has 0 bridgehead atoms. The standard InChI is InChI=1S/C21H25F4NO/c1-13-7-14(2)9-15(8-13)11-20(26,21(23,24)25)12-19(3,4)17-10-16(22)5-6-18(17)27/h5-10,27H,11-12,26H2,1-4H3. The van der Waals surface area contributed by atoms with Crippen molar-refractivity contribution in [3.63, 3.8) is 0 Å². The summed E-state index contributed by atoms with van der Waals surface area (Å²) in [6.45, 7) is 6.68. The topological polar surface area (TPSA) is 46.2 Å². The third-order valence-corrected chi connectivity index (χ3v) is 4.81. The highest BCUT2D eigenvalue weighted by molar-refractivity contribution is 5.39. The van der Waals surface area contributed by atoms with Crippen molar-refractivity contribution >= 4 is 0 Å². The molecule has 0 spiro atoms. The molecule has 0 saturated heterocycles. The summed E-state index contributed by atoms with van der Waals surface area (Å²) in [5.41, 5.74) is 4.49. The van der Waals surface area contributed by atoms with Crippen molar-refractivity contribution in [1.29, 1.82) is 0 Å². The highest BCUT2D eigenvalue weighted by Gasteiger charge is 2.54. The van der Waals surface area contributed by atoms with E-state index in [0.29, 0.717) is 5.56 Å². The summed E-state index contributed by atoms with van der Waals surface area (Å²) in [6.07, 6.45) is -5.59. The monoisotopic (exact) mass is 383 g/mol. The molecule has 6 heteroatoms. The molecular weight excluding hydrogens is 358 g/mol. The van der Waals surface area contributed by atoms with Gasteiger partial charge in [-0.05, 0) is 55.9 Å². The van der Waals surface area contributed by atoms with Crippen LogP contribution in [-0.4, -0.2) is 16.8 Å². The Morgan fingerprint density at radius 1 is 0.963 bits per heavy atom. The van der Waals surface area contributed by atoms with Crippen LogP contribution in [0.4, 0.5) is 17.6 Å². The molecule has 0 aliphatic heterocycles. The lowest BCUT2D eigenvalue weighted by atomic mass is 9.71. The maximum Gasteiger partial charge on any atom is 0.406 e. The number of aryl methyl sites for hydroxylation is 2. The SMILES string of the molecule is Cc1cc(C)cc(CC(N)(CC(C)(C)c2cc(F)ccc2O)C(F)(F)F)c1. The molecule has 2 aromatic carbocycles. The summed E-state index contributed by atoms with van der Waals surface area (Å²) >= 11 is 0. The molecule has 27 heavy (non-hydrogen) atoms. The van der Waals surface area contributed by atoms with Crippen molar-refractivity contribution in [3.8, 4) is 5.75 Å². The summed E-state index contributed by atoms with van der Waals surface area (Å²) < 4.78 is 55.5. The molecule has 1 unspecified atom stereocenters. The summed E-state index contributed by atoms with van der Waals surface area (Å²) in [7, 11) is 0. The van der Waals surface area contributed by atoms with E-state index in [-0.39, 0.29) is 11.3 Å². The lowest BCUT2D eigenvalue weighted by Gasteiger charge is -2.39. The predicted octanol–water partition coefficient (Wildman–Crippen LogP) is 5.32. The molecule has 0 aromatic heterocycles. The van der Waals surface area contributed by atoms with E-state index in [1.165, 1.54) is 13.8 Å². The fraction of sp³-hybridized carbons (Fsp3) is 0.429. The van der Waals surface area contributed by atoms with Crippen LogP contribution in [0.2, 0.25) is 0 Å². The molecule has 1 atom stereocenters. The molecule has 148 valence electrons. The van der Waals surface area contributed by atoms with E-state index in [9.17, 15) is 22.7 Å². The largest absolute Gasteiger partial charge is 0.508 e. The van der Waals surface area contributed by atoms with Gasteiger partial charge in [0, 0.05) is 5.56 Å². The number of benzene rings is 2. The lowest BCUT2D eigenvalue weighted by Crippen LogP contribution is -2.58. The van der Waals surface area contributed by atoms with Crippen LogP contribution in [0.3, 0.4) is 0 Å². The molecule has 0 amide bonds. The summed E-state index contributed by atoms with van der Waals surface area (Å²) in [4.78, 5) is 0. The van der Waals surface area contributed by atoms with Crippen molar-refractivity contribution in [3.05, 3.63) is 64.5 Å². The Labute approximate surface area is 157 Å². The van der Waals surface area contributed by atoms with Crippen molar-refractivity contribution in [1.82, 2.24) is 0 Å². The van der Waals surface area contributed by atoms with Crippen LogP contribution in [-0.2, 0) is 11.8 Å². The molecule has 2 nitrogen and oxygen atoms in total. The smallest absolute Gasteiger partial charge is 0.406 e. The highest BCUT2D eigenvalue weighted by Crippen LogP contribution is 2.43. The maximum atomic E-state index is 14.0. The molecule has 0 aliphatic carbocycles. The quantitative estimate of drug-likeness (QED) is 0.687. The van der Waals surface area contributed by atoms with E-state index in [1.54, 1.807) is 12.1 Å². The van der Waals surface area contributed by atoms with Gasteiger partial charge in [-0.2, -0.15) is 13.2 Å². The molecule has 3 N–H and O–H groups in total. The van der Waals surface area contributed by atoms with E-state index in [0.717, 1.165) is 29.3 Å². The number of hydrogen-bond acceptors (Lipinski definition) is 2. The number of hydrogen-bond donors (Lipinski definition) is 2. The maximum absolute atomic E-state index is 14.0. The second-order valence-corrected chi connectivity index (χ2v) is 8.05. The fourth-order valence-corrected chi connectivity index (χ4v) is 3.73. The predicted molar refractivity (Wildman–Crippen MR) is 98.3 cm³/mol. The molecular formula is C21H25F4NO. The normalized spacial score (nSPS) is 14.9. The van der Waals surface area contributed by atoms with E-state index >= 15 is 0 Å². The summed E-state index contributed by atoms with van der Waals surface area (Å²) in [5.74, 6) is -0.878. The number of rotatable bonds is 5. The Bertz CT molecular complexity index is 809. The summed E-state index contributed by atoms with van der Waals surface area (Å²) in [5, 5.41) is 10.0. The van der Waals surface area contributed by atoms with Gasteiger partial charge in [0.05, 0.1) is 0 Å². The number of alkyl halides is 3. The van der Waals surface area contributed by atoms with Gasteiger partial charge in [0.15, 0.2) is 0 Å². The van der Waals surface area contributed by atoms with Gasteiger partial charge in [-0.25, -0.2) is 4.39 Å². The minimum atomic E-state index is -4.68. The Balaban J connectivity index is 2.45. The molecule has 2 aromatic rings. The van der Waals surface area contributed by atoms with Gasteiger partial charge >= 0.3 is 6.18 Å². The minimum Gasteiger partial charge on any atom is -0.508 e. The zero-order valence-corrected chi connectivity index (χ0v) is 15.9. The van der Waals surface area contributed by atoms with Gasteiger partial charge < -0.3 is 10.8 Å². The molecule has 0 radical (unpaired) electrons. The lowest BCUT2D eigenvalue weighted by molar-refractivity contribution is -0.191. The Hall–Kier alpha value is -2.08. The third-order valence-electron chi connectivity index (χ3n) is 4.81. The second-order valence-electron chi connectivity index (χ2n) is 8.05. The van der Waals surface area contributed by atoms with Crippen molar-refractivity contribution in [2.45, 2.75) is 57.7 Å². The Morgan fingerprint density at radius 2 is 1.52 bits per heavy atom. The highest BCUT2D eigenvalue weighted by atomic mass is 19.4. The number of halogens is 4. The Morgan fingerprint density at radius 3 is 2.04 bits per heavy atom. The van der Waals surface area contributed by atoms with Gasteiger partial charge in [-0.3, -0.25) is 0 Å². The van der Waals surface area contributed by atoms with Gasteiger partial charge in [0.2, 0.25) is 0 Å². The number of nitrogens with two attached hydrogens (primary N) is 1. The summed E-state index contributed by atoms with van der Waals surface area (Å²) in [6, 6.07) is 8.51. The fourth-order valence-electron chi connectivity index (χ4n) is 3.73. The van der Waals surface area contributed by atoms with Gasteiger partial charge in [0.25, 0.3) is 0 Å². The van der Waals surface area contributed by atoms with Crippen molar-refractivity contribution < 1.29 is 22.7 Å². The van der Waals surface area contributed by atoms with Crippen LogP contribution in [0, 0.1) is 19.7 Å². The van der Waals surface area contributed by atoms with Crippen LogP contribution in [0.25, 0.3) is 0 Å². The third kappa shape index (κ3) is 4.80. The minimum absolute atomic E-state index is 0.0991. The first-order chi connectivity index (χ1) is 12.2. The first-order valence-electron chi connectivity index (χ1n) is 8.65. The zero-order chi connectivity index (χ0) is 20.6.